The third kappa shape index (κ3) is 4.74. The minimum Gasteiger partial charge on any atom is -0.493 e. The van der Waals surface area contributed by atoms with Gasteiger partial charge in [0, 0.05) is 12.3 Å². The fraction of sp³-hybridized carbons (Fsp3) is 0.318. The van der Waals surface area contributed by atoms with E-state index in [1.165, 1.54) is 17.6 Å². The molecule has 0 bridgehead atoms. The number of esters is 1. The number of ether oxygens (including phenoxy) is 3. The molecule has 0 N–H and O–H groups in total. The fourth-order valence-corrected chi connectivity index (χ4v) is 2.78. The normalized spacial score (nSPS) is 10.9. The zero-order chi connectivity index (χ0) is 21.0. The number of aryl methyl sites for hydroxylation is 1. The van der Waals surface area contributed by atoms with Crippen LogP contribution in [0.1, 0.15) is 35.5 Å². The topological polar surface area (TPSA) is 79.1 Å². The summed E-state index contributed by atoms with van der Waals surface area (Å²) in [5.74, 6) is 0.854. The number of aromatic nitrogens is 2. The Morgan fingerprint density at radius 3 is 2.69 bits per heavy atom. The molecule has 0 unspecified atom stereocenters. The summed E-state index contributed by atoms with van der Waals surface area (Å²) in [7, 11) is 1.52. The van der Waals surface area contributed by atoms with Gasteiger partial charge < -0.3 is 14.2 Å². The molecule has 0 atom stereocenters. The largest absolute Gasteiger partial charge is 0.493 e. The molecule has 1 aromatic carbocycles. The summed E-state index contributed by atoms with van der Waals surface area (Å²) in [4.78, 5) is 29.1. The maximum absolute atomic E-state index is 12.4. The summed E-state index contributed by atoms with van der Waals surface area (Å²) in [6.45, 7) is 6.40. The van der Waals surface area contributed by atoms with Crippen LogP contribution in [0.25, 0.3) is 5.65 Å². The highest BCUT2D eigenvalue weighted by molar-refractivity contribution is 5.90. The minimum absolute atomic E-state index is 0.104. The summed E-state index contributed by atoms with van der Waals surface area (Å²) in [6.07, 6.45) is 1.66. The molecular formula is C22H24N2O5. The molecule has 0 aliphatic carbocycles. The molecule has 7 heteroatoms. The average Bonchev–Trinajstić information content (AvgIpc) is 2.71. The molecule has 152 valence electrons. The van der Waals surface area contributed by atoms with Crippen LogP contribution in [-0.4, -0.2) is 29.1 Å². The van der Waals surface area contributed by atoms with Gasteiger partial charge in [0.1, 0.15) is 12.3 Å². The number of nitrogens with zero attached hydrogens (tertiary/aromatic N) is 2. The van der Waals surface area contributed by atoms with Crippen LogP contribution >= 0.6 is 0 Å². The SMILES string of the molecule is COc1cc(C(=O)OCc2cc(=O)n3cccc(C)c3n2)ccc1OCC(C)C. The molecule has 0 spiro atoms. The number of carbonyl (C=O) groups is 1. The van der Waals surface area contributed by atoms with Crippen molar-refractivity contribution < 1.29 is 19.0 Å². The van der Waals surface area contributed by atoms with E-state index in [-0.39, 0.29) is 12.2 Å². The lowest BCUT2D eigenvalue weighted by atomic mass is 10.2. The monoisotopic (exact) mass is 396 g/mol. The molecule has 29 heavy (non-hydrogen) atoms. The summed E-state index contributed by atoms with van der Waals surface area (Å²) in [6, 6.07) is 9.89. The van der Waals surface area contributed by atoms with Gasteiger partial charge >= 0.3 is 5.97 Å². The lowest BCUT2D eigenvalue weighted by Gasteiger charge is -2.13. The van der Waals surface area contributed by atoms with E-state index < -0.39 is 5.97 Å². The van der Waals surface area contributed by atoms with Crippen molar-refractivity contribution in [3.8, 4) is 11.5 Å². The third-order valence-corrected chi connectivity index (χ3v) is 4.26. The van der Waals surface area contributed by atoms with Gasteiger partial charge in [-0.25, -0.2) is 9.78 Å². The third-order valence-electron chi connectivity index (χ3n) is 4.26. The molecule has 3 rings (SSSR count). The lowest BCUT2D eigenvalue weighted by Crippen LogP contribution is -2.17. The lowest BCUT2D eigenvalue weighted by molar-refractivity contribution is 0.0467. The summed E-state index contributed by atoms with van der Waals surface area (Å²) >= 11 is 0. The van der Waals surface area contributed by atoms with Gasteiger partial charge in [0.2, 0.25) is 0 Å². The van der Waals surface area contributed by atoms with E-state index in [4.69, 9.17) is 14.2 Å². The van der Waals surface area contributed by atoms with Gasteiger partial charge in [0.25, 0.3) is 5.56 Å². The predicted molar refractivity (Wildman–Crippen MR) is 109 cm³/mol. The second kappa shape index (κ2) is 8.77. The van der Waals surface area contributed by atoms with Crippen molar-refractivity contribution in [2.75, 3.05) is 13.7 Å². The molecule has 0 aliphatic rings. The van der Waals surface area contributed by atoms with Crippen LogP contribution in [0.15, 0.2) is 47.4 Å². The van der Waals surface area contributed by atoms with Crippen LogP contribution in [0.2, 0.25) is 0 Å². The number of hydrogen-bond donors (Lipinski definition) is 0. The average molecular weight is 396 g/mol. The second-order valence-corrected chi connectivity index (χ2v) is 7.12. The van der Waals surface area contributed by atoms with E-state index in [2.05, 4.69) is 4.98 Å². The molecule has 0 radical (unpaired) electrons. The van der Waals surface area contributed by atoms with E-state index in [0.29, 0.717) is 40.9 Å². The number of pyridine rings is 1. The Bertz CT molecular complexity index is 1090. The Kier molecular flexibility index (Phi) is 6.16. The first kappa shape index (κ1) is 20.4. The number of hydrogen-bond acceptors (Lipinski definition) is 6. The van der Waals surface area contributed by atoms with Gasteiger partial charge in [-0.05, 0) is 42.7 Å². The van der Waals surface area contributed by atoms with E-state index in [0.717, 1.165) is 5.56 Å². The first-order valence-corrected chi connectivity index (χ1v) is 9.35. The van der Waals surface area contributed by atoms with Crippen molar-refractivity contribution in [3.05, 3.63) is 69.8 Å². The van der Waals surface area contributed by atoms with Crippen LogP contribution in [0.5, 0.6) is 11.5 Å². The molecule has 0 fully saturated rings. The smallest absolute Gasteiger partial charge is 0.338 e. The van der Waals surface area contributed by atoms with Gasteiger partial charge in [-0.2, -0.15) is 0 Å². The van der Waals surface area contributed by atoms with Crippen molar-refractivity contribution in [1.29, 1.82) is 0 Å². The van der Waals surface area contributed by atoms with Crippen LogP contribution in [0.3, 0.4) is 0 Å². The van der Waals surface area contributed by atoms with E-state index in [1.807, 2.05) is 26.8 Å². The molecule has 2 aromatic heterocycles. The van der Waals surface area contributed by atoms with Crippen molar-refractivity contribution in [2.24, 2.45) is 5.92 Å². The highest BCUT2D eigenvalue weighted by atomic mass is 16.5. The van der Waals surface area contributed by atoms with Gasteiger partial charge in [-0.3, -0.25) is 9.20 Å². The summed E-state index contributed by atoms with van der Waals surface area (Å²) in [5.41, 5.74) is 1.89. The number of benzene rings is 1. The van der Waals surface area contributed by atoms with Crippen LogP contribution in [0, 0.1) is 12.8 Å². The quantitative estimate of drug-likeness (QED) is 0.570. The first-order valence-electron chi connectivity index (χ1n) is 9.35. The Hall–Kier alpha value is -3.35. The molecule has 0 saturated carbocycles. The summed E-state index contributed by atoms with van der Waals surface area (Å²) in [5, 5.41) is 0. The van der Waals surface area contributed by atoms with Crippen molar-refractivity contribution in [1.82, 2.24) is 9.38 Å². The number of fused-ring (bicyclic) bond motifs is 1. The Balaban J connectivity index is 1.75. The van der Waals surface area contributed by atoms with Gasteiger partial charge in [-0.1, -0.05) is 19.9 Å². The molecule has 0 saturated heterocycles. The maximum atomic E-state index is 12.4. The van der Waals surface area contributed by atoms with Gasteiger partial charge in [-0.15, -0.1) is 0 Å². The summed E-state index contributed by atoms with van der Waals surface area (Å²) < 4.78 is 17.8. The van der Waals surface area contributed by atoms with Crippen LogP contribution in [0.4, 0.5) is 0 Å². The molecular weight excluding hydrogens is 372 g/mol. The highest BCUT2D eigenvalue weighted by Gasteiger charge is 2.14. The number of carbonyl (C=O) groups excluding carboxylic acids is 1. The zero-order valence-electron chi connectivity index (χ0n) is 17.0. The number of rotatable bonds is 7. The minimum atomic E-state index is -0.537. The van der Waals surface area contributed by atoms with E-state index in [1.54, 1.807) is 30.5 Å². The number of methoxy groups -OCH3 is 1. The molecule has 0 amide bonds. The second-order valence-electron chi connectivity index (χ2n) is 7.12. The molecule has 7 nitrogen and oxygen atoms in total. The maximum Gasteiger partial charge on any atom is 0.338 e. The van der Waals surface area contributed by atoms with E-state index >= 15 is 0 Å². The fourth-order valence-electron chi connectivity index (χ4n) is 2.78. The highest BCUT2D eigenvalue weighted by Crippen LogP contribution is 2.28. The molecule has 0 aliphatic heterocycles. The first-order chi connectivity index (χ1) is 13.9. The van der Waals surface area contributed by atoms with Gasteiger partial charge in [0.05, 0.1) is 25.0 Å². The van der Waals surface area contributed by atoms with Crippen LogP contribution < -0.4 is 15.0 Å². The Morgan fingerprint density at radius 1 is 1.17 bits per heavy atom. The Labute approximate surface area is 168 Å². The Morgan fingerprint density at radius 2 is 1.97 bits per heavy atom. The van der Waals surface area contributed by atoms with Crippen molar-refractivity contribution >= 4 is 11.6 Å². The van der Waals surface area contributed by atoms with Crippen molar-refractivity contribution in [2.45, 2.75) is 27.4 Å². The van der Waals surface area contributed by atoms with Gasteiger partial charge in [0.15, 0.2) is 11.5 Å². The van der Waals surface area contributed by atoms with Crippen molar-refractivity contribution in [3.63, 3.8) is 0 Å². The standard InChI is InChI=1S/C22H24N2O5/c1-14(2)12-28-18-8-7-16(10-19(18)27-4)22(26)29-13-17-11-20(25)24-9-5-6-15(3)21(24)23-17/h5-11,14H,12-13H2,1-4H3. The predicted octanol–water partition coefficient (Wildman–Crippen LogP) is 3.40. The van der Waals surface area contributed by atoms with Crippen LogP contribution in [-0.2, 0) is 11.3 Å². The van der Waals surface area contributed by atoms with E-state index in [9.17, 15) is 9.59 Å². The molecule has 2 heterocycles. The zero-order valence-corrected chi connectivity index (χ0v) is 17.0. The molecule has 3 aromatic rings.